The molecule has 1 saturated carbocycles. The Morgan fingerprint density at radius 3 is 2.09 bits per heavy atom. The number of rotatable bonds is 3. The van der Waals surface area contributed by atoms with Crippen LogP contribution in [0.1, 0.15) is 53.9 Å². The molecule has 0 spiro atoms. The van der Waals surface area contributed by atoms with Crippen molar-refractivity contribution in [2.75, 3.05) is 0 Å². The summed E-state index contributed by atoms with van der Waals surface area (Å²) < 4.78 is 0. The lowest BCUT2D eigenvalue weighted by molar-refractivity contribution is 0.358. The van der Waals surface area contributed by atoms with Gasteiger partial charge in [0, 0.05) is 0 Å². The maximum atomic E-state index is 2.39. The average Bonchev–Trinajstić information content (AvgIpc) is 2.41. The Labute approximate surface area is 71.4 Å². The van der Waals surface area contributed by atoms with Crippen LogP contribution in [-0.2, 0) is 0 Å². The molecule has 1 rings (SSSR count). The fraction of sp³-hybridized carbons (Fsp3) is 0.909. The first-order valence-corrected chi connectivity index (χ1v) is 4.77. The summed E-state index contributed by atoms with van der Waals surface area (Å²) >= 11 is 0. The molecule has 0 aliphatic heterocycles. The van der Waals surface area contributed by atoms with Crippen molar-refractivity contribution in [1.82, 2.24) is 0 Å². The van der Waals surface area contributed by atoms with Gasteiger partial charge in [0.2, 0.25) is 0 Å². The van der Waals surface area contributed by atoms with Crippen molar-refractivity contribution in [2.45, 2.75) is 53.9 Å². The third kappa shape index (κ3) is 1.77. The monoisotopic (exact) mass is 153 g/mol. The van der Waals surface area contributed by atoms with E-state index in [1.807, 2.05) is 0 Å². The first kappa shape index (κ1) is 9.09. The van der Waals surface area contributed by atoms with Crippen LogP contribution in [0.5, 0.6) is 0 Å². The van der Waals surface area contributed by atoms with Crippen LogP contribution in [-0.4, -0.2) is 0 Å². The maximum Gasteiger partial charge on any atom is -0.0123 e. The minimum atomic E-state index is 0.512. The third-order valence-corrected chi connectivity index (χ3v) is 3.00. The van der Waals surface area contributed by atoms with Crippen LogP contribution in [0.3, 0.4) is 0 Å². The Bertz CT molecular complexity index is 142. The lowest BCUT2D eigenvalue weighted by Gasteiger charge is -2.25. The fourth-order valence-corrected chi connectivity index (χ4v) is 2.33. The van der Waals surface area contributed by atoms with Crippen LogP contribution in [0.25, 0.3) is 0 Å². The SMILES string of the molecule is CCCC(C)(C)[C]1CC1(C)C. The van der Waals surface area contributed by atoms with Gasteiger partial charge >= 0.3 is 0 Å². The molecule has 0 amide bonds. The molecule has 0 unspecified atom stereocenters. The summed E-state index contributed by atoms with van der Waals surface area (Å²) in [5.41, 5.74) is 1.08. The summed E-state index contributed by atoms with van der Waals surface area (Å²) in [6.07, 6.45) is 4.03. The van der Waals surface area contributed by atoms with E-state index < -0.39 is 0 Å². The van der Waals surface area contributed by atoms with Crippen LogP contribution < -0.4 is 0 Å². The highest BCUT2D eigenvalue weighted by atomic mass is 14.6. The van der Waals surface area contributed by atoms with Gasteiger partial charge in [0.05, 0.1) is 0 Å². The van der Waals surface area contributed by atoms with Gasteiger partial charge in [-0.05, 0) is 29.6 Å². The predicted molar refractivity (Wildman–Crippen MR) is 50.3 cm³/mol. The zero-order chi connectivity index (χ0) is 8.70. The van der Waals surface area contributed by atoms with Gasteiger partial charge in [-0.1, -0.05) is 41.0 Å². The van der Waals surface area contributed by atoms with Gasteiger partial charge in [-0.25, -0.2) is 0 Å². The van der Waals surface area contributed by atoms with Crippen LogP contribution in [0.15, 0.2) is 0 Å². The van der Waals surface area contributed by atoms with E-state index in [0.29, 0.717) is 10.8 Å². The summed E-state index contributed by atoms with van der Waals surface area (Å²) in [4.78, 5) is 0. The van der Waals surface area contributed by atoms with E-state index in [-0.39, 0.29) is 0 Å². The van der Waals surface area contributed by atoms with E-state index >= 15 is 0 Å². The third-order valence-electron chi connectivity index (χ3n) is 3.00. The summed E-state index contributed by atoms with van der Waals surface area (Å²) in [5, 5.41) is 0. The molecule has 0 aromatic rings. The molecule has 0 aromatic heterocycles. The number of hydrogen-bond donors (Lipinski definition) is 0. The zero-order valence-corrected chi connectivity index (χ0v) is 8.62. The standard InChI is InChI=1S/C11H21/c1-6-7-10(2,3)9-8-11(9,4)5/h6-8H2,1-5H3. The van der Waals surface area contributed by atoms with Crippen molar-refractivity contribution < 1.29 is 0 Å². The van der Waals surface area contributed by atoms with Crippen LogP contribution in [0, 0.1) is 16.7 Å². The molecular weight excluding hydrogens is 132 g/mol. The first-order valence-electron chi connectivity index (χ1n) is 4.77. The molecule has 1 fully saturated rings. The topological polar surface area (TPSA) is 0 Å². The van der Waals surface area contributed by atoms with Gasteiger partial charge < -0.3 is 0 Å². The van der Waals surface area contributed by atoms with Gasteiger partial charge in [-0.15, -0.1) is 0 Å². The Kier molecular flexibility index (Phi) is 2.07. The zero-order valence-electron chi connectivity index (χ0n) is 8.62. The maximum absolute atomic E-state index is 2.39. The van der Waals surface area contributed by atoms with Crippen molar-refractivity contribution in [3.05, 3.63) is 5.92 Å². The minimum absolute atomic E-state index is 0.512. The van der Waals surface area contributed by atoms with Crippen molar-refractivity contribution in [3.8, 4) is 0 Å². The minimum Gasteiger partial charge on any atom is -0.0654 e. The summed E-state index contributed by atoms with van der Waals surface area (Å²) in [6.45, 7) is 11.8. The molecule has 0 N–H and O–H groups in total. The summed E-state index contributed by atoms with van der Waals surface area (Å²) in [7, 11) is 0. The highest BCUT2D eigenvalue weighted by molar-refractivity contribution is 5.27. The molecule has 0 heteroatoms. The van der Waals surface area contributed by atoms with Gasteiger partial charge in [0.15, 0.2) is 0 Å². The second-order valence-corrected chi connectivity index (χ2v) is 5.17. The highest BCUT2D eigenvalue weighted by Crippen LogP contribution is 2.63. The van der Waals surface area contributed by atoms with E-state index in [4.69, 9.17) is 0 Å². The van der Waals surface area contributed by atoms with E-state index in [1.165, 1.54) is 19.3 Å². The van der Waals surface area contributed by atoms with E-state index in [2.05, 4.69) is 34.6 Å². The molecule has 0 atom stereocenters. The lowest BCUT2D eigenvalue weighted by atomic mass is 9.80. The largest absolute Gasteiger partial charge is 0.0654 e. The quantitative estimate of drug-likeness (QED) is 0.578. The Morgan fingerprint density at radius 2 is 1.82 bits per heavy atom. The molecule has 65 valence electrons. The molecule has 0 aromatic carbocycles. The van der Waals surface area contributed by atoms with Gasteiger partial charge in [-0.2, -0.15) is 0 Å². The Balaban J connectivity index is 2.48. The van der Waals surface area contributed by atoms with Crippen molar-refractivity contribution in [1.29, 1.82) is 0 Å². The molecule has 1 aliphatic carbocycles. The first-order chi connectivity index (χ1) is 4.90. The van der Waals surface area contributed by atoms with Crippen LogP contribution in [0.2, 0.25) is 0 Å². The normalized spacial score (nSPS) is 23.7. The highest BCUT2D eigenvalue weighted by Gasteiger charge is 2.53. The molecule has 11 heavy (non-hydrogen) atoms. The molecule has 0 nitrogen and oxygen atoms in total. The molecular formula is C11H21. The van der Waals surface area contributed by atoms with Gasteiger partial charge in [0.1, 0.15) is 0 Å². The second kappa shape index (κ2) is 2.50. The molecule has 1 aliphatic rings. The van der Waals surface area contributed by atoms with Gasteiger partial charge in [-0.3, -0.25) is 0 Å². The van der Waals surface area contributed by atoms with Crippen molar-refractivity contribution >= 4 is 0 Å². The number of hydrogen-bond acceptors (Lipinski definition) is 0. The predicted octanol–water partition coefficient (Wildman–Crippen LogP) is 3.82. The second-order valence-electron chi connectivity index (χ2n) is 5.17. The van der Waals surface area contributed by atoms with Crippen molar-refractivity contribution in [3.63, 3.8) is 0 Å². The van der Waals surface area contributed by atoms with Crippen LogP contribution in [0.4, 0.5) is 0 Å². The lowest BCUT2D eigenvalue weighted by Crippen LogP contribution is -2.15. The summed E-state index contributed by atoms with van der Waals surface area (Å²) in [5.74, 6) is 1.78. The van der Waals surface area contributed by atoms with E-state index in [1.54, 1.807) is 5.92 Å². The fourth-order valence-electron chi connectivity index (χ4n) is 2.33. The molecule has 0 bridgehead atoms. The Hall–Kier alpha value is 0. The average molecular weight is 153 g/mol. The molecule has 0 saturated heterocycles. The molecule has 0 heterocycles. The molecule has 1 radical (unpaired) electrons. The van der Waals surface area contributed by atoms with Crippen molar-refractivity contribution in [2.24, 2.45) is 10.8 Å². The van der Waals surface area contributed by atoms with E-state index in [0.717, 1.165) is 0 Å². The Morgan fingerprint density at radius 1 is 1.36 bits per heavy atom. The van der Waals surface area contributed by atoms with E-state index in [9.17, 15) is 0 Å². The van der Waals surface area contributed by atoms with Gasteiger partial charge in [0.25, 0.3) is 0 Å². The smallest absolute Gasteiger partial charge is 0.0123 e. The summed E-state index contributed by atoms with van der Waals surface area (Å²) in [6, 6.07) is 0. The van der Waals surface area contributed by atoms with Crippen LogP contribution >= 0.6 is 0 Å².